The average Bonchev–Trinajstić information content (AvgIpc) is 4.05. The Hall–Kier alpha value is -6.52. The van der Waals surface area contributed by atoms with E-state index < -0.39 is 0 Å². The molecule has 9 rings (SSSR count). The Morgan fingerprint density at radius 3 is 1.19 bits per heavy atom. The number of benzene rings is 7. The first-order chi connectivity index (χ1) is 32.8. The van der Waals surface area contributed by atoms with Crippen molar-refractivity contribution in [3.63, 3.8) is 0 Å². The zero-order chi connectivity index (χ0) is 49.2. The molecular weight excluding hydrogens is 825 g/mol. The lowest BCUT2D eigenvalue weighted by atomic mass is 9.88. The number of para-hydroxylation sites is 1. The molecule has 2 heterocycles. The summed E-state index contributed by atoms with van der Waals surface area (Å²) in [6, 6.07) is 48.5. The summed E-state index contributed by atoms with van der Waals surface area (Å²) in [5.41, 5.74) is 15.5. The Morgan fingerprint density at radius 1 is 0.353 bits per heavy atom. The number of aromatic nitrogens is 4. The molecular formula is C64H76N4. The van der Waals surface area contributed by atoms with Gasteiger partial charge in [-0.3, -0.25) is 9.13 Å². The van der Waals surface area contributed by atoms with Crippen LogP contribution in [0, 0.1) is 6.92 Å². The van der Waals surface area contributed by atoms with Crippen LogP contribution in [0.4, 0.5) is 0 Å². The van der Waals surface area contributed by atoms with E-state index in [1.54, 1.807) is 0 Å². The molecule has 0 aliphatic rings. The molecule has 0 bridgehead atoms. The molecule has 2 aromatic heterocycles. The monoisotopic (exact) mass is 901 g/mol. The van der Waals surface area contributed by atoms with Crippen molar-refractivity contribution in [1.82, 2.24) is 19.1 Å². The van der Waals surface area contributed by atoms with Crippen molar-refractivity contribution in [2.75, 3.05) is 0 Å². The molecule has 0 amide bonds. The molecule has 7 aromatic carbocycles. The third-order valence-electron chi connectivity index (χ3n) is 12.7. The quantitative estimate of drug-likeness (QED) is 0.137. The lowest BCUT2D eigenvalue weighted by Crippen LogP contribution is -2.09. The smallest absolute Gasteiger partial charge is 0.144 e. The van der Waals surface area contributed by atoms with Gasteiger partial charge in [0, 0.05) is 35.9 Å². The minimum Gasteiger partial charge on any atom is -0.299 e. The summed E-state index contributed by atoms with van der Waals surface area (Å²) in [5.74, 6) is 4.08. The Labute approximate surface area is 409 Å². The van der Waals surface area contributed by atoms with Gasteiger partial charge in [-0.05, 0) is 127 Å². The van der Waals surface area contributed by atoms with E-state index in [-0.39, 0.29) is 0 Å². The summed E-state index contributed by atoms with van der Waals surface area (Å²) in [6.07, 6.45) is 8.13. The molecule has 4 heteroatoms. The molecule has 4 nitrogen and oxygen atoms in total. The fraction of sp³-hybridized carbons (Fsp3) is 0.312. The van der Waals surface area contributed by atoms with Crippen LogP contribution in [-0.2, 0) is 0 Å². The zero-order valence-corrected chi connectivity index (χ0v) is 43.7. The fourth-order valence-electron chi connectivity index (χ4n) is 9.32. The zero-order valence-electron chi connectivity index (χ0n) is 43.7. The van der Waals surface area contributed by atoms with Crippen LogP contribution in [-0.4, -0.2) is 19.1 Å². The summed E-state index contributed by atoms with van der Waals surface area (Å²) >= 11 is 0. The number of hydrogen-bond donors (Lipinski definition) is 0. The van der Waals surface area contributed by atoms with Crippen molar-refractivity contribution >= 4 is 21.5 Å². The van der Waals surface area contributed by atoms with E-state index >= 15 is 0 Å². The van der Waals surface area contributed by atoms with E-state index in [1.807, 2.05) is 40.1 Å². The standard InChI is InChI=1S/C32H32N2.C28H32N2.2C2H6/c1-21(2)28-19-27(24-11-7-6-8-12-24)20-29(22(3)4)31(28)34-16-15-33-32(34)30-18-26-14-10-9-13-25(26)17-23(30)5;1-18(2)23-12-9-13-24(19(3)4)27(23)30-15-14-29-28(30)26-17-22-11-8-7-10-21(22)16-25(26)20(5)6;2*1-2/h6-22H,1-5H3;7-20H,1-6H3;2*1-2H3. The SMILES string of the molecule is CC.CC.CC(C)c1cc2ccccc2cc1-c1nccn1-c1c(C(C)C)cccc1C(C)C.Cc1cc2ccccc2cc1-c1nccn1-c1c(C(C)C)cc(-c2ccccc2)cc1C(C)C. The van der Waals surface area contributed by atoms with E-state index in [0.717, 1.165) is 11.6 Å². The molecule has 0 spiro atoms. The summed E-state index contributed by atoms with van der Waals surface area (Å²) in [7, 11) is 0. The molecule has 352 valence electrons. The predicted molar refractivity (Wildman–Crippen MR) is 296 cm³/mol. The summed E-state index contributed by atoms with van der Waals surface area (Å²) in [5, 5.41) is 5.05. The maximum absolute atomic E-state index is 4.88. The largest absolute Gasteiger partial charge is 0.299 e. The molecule has 0 aliphatic carbocycles. The van der Waals surface area contributed by atoms with E-state index in [1.165, 1.54) is 88.6 Å². The van der Waals surface area contributed by atoms with Crippen molar-refractivity contribution in [3.8, 4) is 45.3 Å². The lowest BCUT2D eigenvalue weighted by molar-refractivity contribution is 0.805. The second-order valence-electron chi connectivity index (χ2n) is 19.0. The van der Waals surface area contributed by atoms with Gasteiger partial charge in [-0.15, -0.1) is 0 Å². The van der Waals surface area contributed by atoms with Crippen molar-refractivity contribution in [1.29, 1.82) is 0 Å². The van der Waals surface area contributed by atoms with E-state index in [0.29, 0.717) is 29.6 Å². The van der Waals surface area contributed by atoms with Gasteiger partial charge in [0.2, 0.25) is 0 Å². The first-order valence-corrected chi connectivity index (χ1v) is 25.3. The van der Waals surface area contributed by atoms with Crippen LogP contribution in [0.15, 0.2) is 158 Å². The molecule has 0 saturated heterocycles. The molecule has 0 atom stereocenters. The third kappa shape index (κ3) is 10.8. The van der Waals surface area contributed by atoms with Gasteiger partial charge >= 0.3 is 0 Å². The summed E-state index contributed by atoms with van der Waals surface area (Å²) in [6.45, 7) is 33.0. The van der Waals surface area contributed by atoms with Gasteiger partial charge in [0.1, 0.15) is 11.6 Å². The molecule has 0 aliphatic heterocycles. The normalized spacial score (nSPS) is 11.2. The second kappa shape index (κ2) is 23.0. The summed E-state index contributed by atoms with van der Waals surface area (Å²) in [4.78, 5) is 9.75. The highest BCUT2D eigenvalue weighted by molar-refractivity contribution is 5.90. The average molecular weight is 901 g/mol. The highest BCUT2D eigenvalue weighted by Gasteiger charge is 2.23. The van der Waals surface area contributed by atoms with E-state index in [2.05, 4.69) is 231 Å². The first kappa shape index (κ1) is 50.9. The van der Waals surface area contributed by atoms with Crippen LogP contribution < -0.4 is 0 Å². The molecule has 0 fully saturated rings. The van der Waals surface area contributed by atoms with Crippen molar-refractivity contribution in [2.45, 2.75) is 133 Å². The van der Waals surface area contributed by atoms with Crippen LogP contribution >= 0.6 is 0 Å². The number of imidazole rings is 2. The van der Waals surface area contributed by atoms with E-state index in [9.17, 15) is 0 Å². The highest BCUT2D eigenvalue weighted by atomic mass is 15.1. The maximum Gasteiger partial charge on any atom is 0.144 e. The number of hydrogen-bond acceptors (Lipinski definition) is 2. The van der Waals surface area contributed by atoms with Crippen LogP contribution in [0.25, 0.3) is 66.8 Å². The van der Waals surface area contributed by atoms with Gasteiger partial charge < -0.3 is 0 Å². The molecule has 9 aromatic rings. The Kier molecular flexibility index (Phi) is 17.2. The Bertz CT molecular complexity index is 2990. The van der Waals surface area contributed by atoms with Gasteiger partial charge in [0.15, 0.2) is 0 Å². The van der Waals surface area contributed by atoms with Gasteiger partial charge in [0.25, 0.3) is 0 Å². The van der Waals surface area contributed by atoms with Gasteiger partial charge in [-0.1, -0.05) is 206 Å². The lowest BCUT2D eigenvalue weighted by Gasteiger charge is -2.24. The van der Waals surface area contributed by atoms with Crippen molar-refractivity contribution in [2.24, 2.45) is 0 Å². The van der Waals surface area contributed by atoms with Crippen molar-refractivity contribution in [3.05, 3.63) is 192 Å². The molecule has 68 heavy (non-hydrogen) atoms. The van der Waals surface area contributed by atoms with Crippen LogP contribution in [0.2, 0.25) is 0 Å². The number of rotatable bonds is 10. The number of fused-ring (bicyclic) bond motifs is 2. The van der Waals surface area contributed by atoms with Crippen LogP contribution in [0.3, 0.4) is 0 Å². The minimum atomic E-state index is 0.379. The van der Waals surface area contributed by atoms with Gasteiger partial charge in [-0.25, -0.2) is 9.97 Å². The summed E-state index contributed by atoms with van der Waals surface area (Å²) < 4.78 is 4.64. The molecule has 0 saturated carbocycles. The van der Waals surface area contributed by atoms with Crippen LogP contribution in [0.5, 0.6) is 0 Å². The van der Waals surface area contributed by atoms with Crippen LogP contribution in [0.1, 0.15) is 160 Å². The highest BCUT2D eigenvalue weighted by Crippen LogP contribution is 2.40. The number of aryl methyl sites for hydroxylation is 1. The second-order valence-corrected chi connectivity index (χ2v) is 19.0. The fourth-order valence-corrected chi connectivity index (χ4v) is 9.32. The molecule has 0 radical (unpaired) electrons. The Balaban J connectivity index is 0.000000210. The Morgan fingerprint density at radius 2 is 0.735 bits per heavy atom. The number of nitrogens with zero attached hydrogens (tertiary/aromatic N) is 4. The van der Waals surface area contributed by atoms with Crippen molar-refractivity contribution < 1.29 is 0 Å². The maximum atomic E-state index is 4.88. The van der Waals surface area contributed by atoms with Gasteiger partial charge in [-0.2, -0.15) is 0 Å². The minimum absolute atomic E-state index is 0.379. The third-order valence-corrected chi connectivity index (χ3v) is 12.7. The topological polar surface area (TPSA) is 35.6 Å². The first-order valence-electron chi connectivity index (χ1n) is 25.3. The molecule has 0 N–H and O–H groups in total. The molecule has 0 unspecified atom stereocenters. The predicted octanol–water partition coefficient (Wildman–Crippen LogP) is 19.0. The van der Waals surface area contributed by atoms with Gasteiger partial charge in [0.05, 0.1) is 11.4 Å². The van der Waals surface area contributed by atoms with E-state index in [4.69, 9.17) is 9.97 Å².